The minimum absolute atomic E-state index is 0.157. The van der Waals surface area contributed by atoms with Crippen molar-refractivity contribution in [2.24, 2.45) is 0 Å². The Morgan fingerprint density at radius 1 is 1.40 bits per heavy atom. The van der Waals surface area contributed by atoms with Gasteiger partial charge in [-0.15, -0.1) is 0 Å². The number of hydrogen-bond donors (Lipinski definition) is 0. The average Bonchev–Trinajstić information content (AvgIpc) is 2.79. The van der Waals surface area contributed by atoms with E-state index in [-0.39, 0.29) is 5.91 Å². The molecular formula is C13H18N4O3. The number of carbonyl (C=O) groups excluding carboxylic acids is 2. The van der Waals surface area contributed by atoms with Crippen molar-refractivity contribution in [2.75, 3.05) is 27.7 Å². The number of hydrogen-bond acceptors (Lipinski definition) is 5. The van der Waals surface area contributed by atoms with E-state index >= 15 is 0 Å². The lowest BCUT2D eigenvalue weighted by atomic mass is 10.0. The fourth-order valence-electron chi connectivity index (χ4n) is 2.90. The van der Waals surface area contributed by atoms with Crippen LogP contribution in [0.5, 0.6) is 0 Å². The Morgan fingerprint density at radius 2 is 2.15 bits per heavy atom. The molecular weight excluding hydrogens is 260 g/mol. The van der Waals surface area contributed by atoms with E-state index in [1.165, 1.54) is 12.0 Å². The van der Waals surface area contributed by atoms with Crippen molar-refractivity contribution in [1.29, 1.82) is 0 Å². The maximum Gasteiger partial charge on any atom is 0.330 e. The van der Waals surface area contributed by atoms with Gasteiger partial charge in [0.05, 0.1) is 19.3 Å². The smallest absolute Gasteiger partial charge is 0.330 e. The third kappa shape index (κ3) is 1.81. The highest BCUT2D eigenvalue weighted by molar-refractivity contribution is 5.98. The van der Waals surface area contributed by atoms with Crippen molar-refractivity contribution in [2.45, 2.75) is 25.6 Å². The Bertz CT molecular complexity index is 580. The minimum Gasteiger partial charge on any atom is -0.467 e. The monoisotopic (exact) mass is 278 g/mol. The van der Waals surface area contributed by atoms with Crippen LogP contribution >= 0.6 is 0 Å². The minimum atomic E-state index is -0.598. The summed E-state index contributed by atoms with van der Waals surface area (Å²) < 4.78 is 6.43. The molecule has 0 aromatic carbocycles. The molecule has 1 atom stereocenters. The highest BCUT2D eigenvalue weighted by atomic mass is 16.5. The van der Waals surface area contributed by atoms with Crippen LogP contribution in [0.2, 0.25) is 0 Å². The number of amides is 1. The fourth-order valence-corrected chi connectivity index (χ4v) is 2.90. The van der Waals surface area contributed by atoms with Gasteiger partial charge in [0.15, 0.2) is 0 Å². The lowest BCUT2D eigenvalue weighted by molar-refractivity contribution is -0.146. The molecule has 0 aliphatic carbocycles. The molecule has 20 heavy (non-hydrogen) atoms. The zero-order chi connectivity index (χ0) is 14.4. The Kier molecular flexibility index (Phi) is 3.01. The van der Waals surface area contributed by atoms with Gasteiger partial charge in [0.1, 0.15) is 11.7 Å². The molecule has 2 aliphatic rings. The third-order valence-corrected chi connectivity index (χ3v) is 4.10. The lowest BCUT2D eigenvalue weighted by Gasteiger charge is -2.31. The highest BCUT2D eigenvalue weighted by Crippen LogP contribution is 2.26. The van der Waals surface area contributed by atoms with Crippen LogP contribution in [0.25, 0.3) is 0 Å². The molecule has 1 amide bonds. The van der Waals surface area contributed by atoms with Crippen molar-refractivity contribution in [1.82, 2.24) is 19.6 Å². The zero-order valence-electron chi connectivity index (χ0n) is 11.9. The maximum absolute atomic E-state index is 12.5. The molecule has 2 aliphatic heterocycles. The second-order valence-electron chi connectivity index (χ2n) is 5.40. The van der Waals surface area contributed by atoms with Crippen molar-refractivity contribution in [3.05, 3.63) is 17.0 Å². The van der Waals surface area contributed by atoms with Crippen LogP contribution in [0, 0.1) is 0 Å². The Labute approximate surface area is 117 Å². The van der Waals surface area contributed by atoms with Crippen LogP contribution in [-0.2, 0) is 29.0 Å². The molecule has 7 nitrogen and oxygen atoms in total. The number of ether oxygens (including phenoxy) is 1. The Hall–Kier alpha value is -1.89. The number of fused-ring (bicyclic) bond motifs is 3. The summed E-state index contributed by atoms with van der Waals surface area (Å²) >= 11 is 0. The largest absolute Gasteiger partial charge is 0.467 e. The van der Waals surface area contributed by atoms with Gasteiger partial charge < -0.3 is 14.5 Å². The van der Waals surface area contributed by atoms with E-state index in [0.29, 0.717) is 12.2 Å². The number of rotatable bonds is 1. The summed E-state index contributed by atoms with van der Waals surface area (Å²) in [5.41, 5.74) is 2.60. The number of carbonyl (C=O) groups is 2. The normalized spacial score (nSPS) is 22.4. The summed E-state index contributed by atoms with van der Waals surface area (Å²) in [7, 11) is 5.00. The first-order valence-corrected chi connectivity index (χ1v) is 6.65. The second-order valence-corrected chi connectivity index (χ2v) is 5.40. The van der Waals surface area contributed by atoms with E-state index in [1.807, 2.05) is 7.05 Å². The number of nitrogens with zero attached hydrogens (tertiary/aromatic N) is 4. The van der Waals surface area contributed by atoms with E-state index in [0.717, 1.165) is 30.8 Å². The van der Waals surface area contributed by atoms with Crippen LogP contribution < -0.4 is 0 Å². The van der Waals surface area contributed by atoms with Crippen LogP contribution in [0.4, 0.5) is 0 Å². The molecule has 3 rings (SSSR count). The summed E-state index contributed by atoms with van der Waals surface area (Å²) in [6.07, 6.45) is 0.839. The lowest BCUT2D eigenvalue weighted by Crippen LogP contribution is -2.50. The van der Waals surface area contributed by atoms with Gasteiger partial charge in [-0.25, -0.2) is 4.79 Å². The molecule has 0 spiro atoms. The van der Waals surface area contributed by atoms with Gasteiger partial charge >= 0.3 is 5.97 Å². The molecule has 3 heterocycles. The van der Waals surface area contributed by atoms with Gasteiger partial charge in [0, 0.05) is 32.1 Å². The van der Waals surface area contributed by atoms with E-state index in [1.54, 1.807) is 11.7 Å². The number of methoxy groups -OCH3 is 1. The van der Waals surface area contributed by atoms with Crippen molar-refractivity contribution in [3.63, 3.8) is 0 Å². The molecule has 0 radical (unpaired) electrons. The predicted octanol–water partition coefficient (Wildman–Crippen LogP) is -0.502. The Morgan fingerprint density at radius 3 is 2.85 bits per heavy atom. The topological polar surface area (TPSA) is 67.7 Å². The van der Waals surface area contributed by atoms with E-state index in [2.05, 4.69) is 10.00 Å². The van der Waals surface area contributed by atoms with Gasteiger partial charge in [0.25, 0.3) is 5.91 Å². The molecule has 1 aromatic heterocycles. The first-order valence-electron chi connectivity index (χ1n) is 6.65. The number of esters is 1. The number of aromatic nitrogens is 2. The maximum atomic E-state index is 12.5. The van der Waals surface area contributed by atoms with Crippen LogP contribution in [-0.4, -0.2) is 65.2 Å². The molecule has 0 bridgehead atoms. The SMILES string of the molecule is COC(=O)C1Cn2nc3c(c2C(=O)N1C)CN(C)CC3. The van der Waals surface area contributed by atoms with E-state index in [4.69, 9.17) is 4.74 Å². The molecule has 108 valence electrons. The van der Waals surface area contributed by atoms with Crippen LogP contribution in [0.3, 0.4) is 0 Å². The second kappa shape index (κ2) is 4.59. The summed E-state index contributed by atoms with van der Waals surface area (Å²) in [6.45, 7) is 2.03. The predicted molar refractivity (Wildman–Crippen MR) is 70.2 cm³/mol. The quantitative estimate of drug-likeness (QED) is 0.648. The molecule has 1 aromatic rings. The van der Waals surface area contributed by atoms with Crippen molar-refractivity contribution >= 4 is 11.9 Å². The van der Waals surface area contributed by atoms with Crippen molar-refractivity contribution < 1.29 is 14.3 Å². The molecule has 0 N–H and O–H groups in total. The zero-order valence-corrected chi connectivity index (χ0v) is 11.9. The van der Waals surface area contributed by atoms with Crippen molar-refractivity contribution in [3.8, 4) is 0 Å². The summed E-state index contributed by atoms with van der Waals surface area (Å²) in [5, 5.41) is 4.51. The summed E-state index contributed by atoms with van der Waals surface area (Å²) in [4.78, 5) is 27.9. The van der Waals surface area contributed by atoms with E-state index < -0.39 is 12.0 Å². The molecule has 0 saturated heterocycles. The van der Waals surface area contributed by atoms with Gasteiger partial charge in [0.2, 0.25) is 0 Å². The van der Waals surface area contributed by atoms with Gasteiger partial charge in [-0.2, -0.15) is 5.10 Å². The number of likely N-dealkylation sites (N-methyl/N-ethyl adjacent to an activating group) is 2. The summed E-state index contributed by atoms with van der Waals surface area (Å²) in [6, 6.07) is -0.598. The fraction of sp³-hybridized carbons (Fsp3) is 0.615. The molecule has 7 heteroatoms. The third-order valence-electron chi connectivity index (χ3n) is 4.10. The van der Waals surface area contributed by atoms with Crippen LogP contribution in [0.1, 0.15) is 21.7 Å². The first-order chi connectivity index (χ1) is 9.52. The molecule has 0 saturated carbocycles. The van der Waals surface area contributed by atoms with Gasteiger partial charge in [-0.3, -0.25) is 9.48 Å². The van der Waals surface area contributed by atoms with Gasteiger partial charge in [-0.1, -0.05) is 0 Å². The first kappa shape index (κ1) is 13.1. The standard InChI is InChI=1S/C13H18N4O3/c1-15-5-4-9-8(6-15)11-12(18)16(2)10(13(19)20-3)7-17(11)14-9/h10H,4-7H2,1-3H3. The molecule has 0 fully saturated rings. The highest BCUT2D eigenvalue weighted by Gasteiger charge is 2.39. The van der Waals surface area contributed by atoms with Gasteiger partial charge in [-0.05, 0) is 7.05 Å². The van der Waals surface area contributed by atoms with E-state index in [9.17, 15) is 9.59 Å². The molecule has 1 unspecified atom stereocenters. The summed E-state index contributed by atoms with van der Waals surface area (Å²) in [5.74, 6) is -0.562. The average molecular weight is 278 g/mol. The Balaban J connectivity index is 2.03. The van der Waals surface area contributed by atoms with Crippen LogP contribution in [0.15, 0.2) is 0 Å².